The maximum absolute atomic E-state index is 13.4. The summed E-state index contributed by atoms with van der Waals surface area (Å²) < 4.78 is 18.5. The third kappa shape index (κ3) is 2.22. The first-order valence-corrected chi connectivity index (χ1v) is 4.48. The van der Waals surface area contributed by atoms with Gasteiger partial charge in [0.25, 0.3) is 0 Å². The molecule has 0 unspecified atom stereocenters. The molecule has 0 N–H and O–H groups in total. The highest BCUT2D eigenvalue weighted by Crippen LogP contribution is 2.28. The molecule has 4 heteroatoms. The van der Waals surface area contributed by atoms with Gasteiger partial charge in [-0.25, -0.2) is 14.2 Å². The van der Waals surface area contributed by atoms with Crippen LogP contribution in [0.4, 0.5) is 4.39 Å². The van der Waals surface area contributed by atoms with Crippen LogP contribution in [0.25, 0.3) is 0 Å². The number of halogens is 1. The van der Waals surface area contributed by atoms with E-state index in [1.165, 1.54) is 19.3 Å². The van der Waals surface area contributed by atoms with Crippen LogP contribution in [0.5, 0.6) is 5.75 Å². The van der Waals surface area contributed by atoms with Gasteiger partial charge in [0.2, 0.25) is 6.08 Å². The van der Waals surface area contributed by atoms with Gasteiger partial charge in [0.1, 0.15) is 11.6 Å². The highest BCUT2D eigenvalue weighted by molar-refractivity contribution is 5.46. The molecule has 15 heavy (non-hydrogen) atoms. The van der Waals surface area contributed by atoms with E-state index in [0.717, 1.165) is 5.56 Å². The zero-order valence-corrected chi connectivity index (χ0v) is 8.93. The Balaban J connectivity index is 3.29. The molecule has 1 aromatic rings. The van der Waals surface area contributed by atoms with Crippen molar-refractivity contribution in [2.24, 2.45) is 4.99 Å². The van der Waals surface area contributed by atoms with Gasteiger partial charge in [-0.3, -0.25) is 0 Å². The second-order valence-electron chi connectivity index (χ2n) is 3.21. The van der Waals surface area contributed by atoms with E-state index in [0.29, 0.717) is 16.9 Å². The van der Waals surface area contributed by atoms with Crippen LogP contribution in [0.2, 0.25) is 0 Å². The zero-order valence-electron chi connectivity index (χ0n) is 8.93. The van der Waals surface area contributed by atoms with Crippen LogP contribution in [0.1, 0.15) is 16.7 Å². The molecule has 0 aliphatic rings. The molecule has 0 fully saturated rings. The van der Waals surface area contributed by atoms with E-state index in [4.69, 9.17) is 4.74 Å². The Hall–Kier alpha value is -1.67. The first kappa shape index (κ1) is 11.4. The minimum atomic E-state index is -0.353. The predicted molar refractivity (Wildman–Crippen MR) is 54.3 cm³/mol. The van der Waals surface area contributed by atoms with E-state index in [1.54, 1.807) is 13.8 Å². The molecule has 0 aliphatic carbocycles. The Labute approximate surface area is 87.6 Å². The zero-order chi connectivity index (χ0) is 11.4. The van der Waals surface area contributed by atoms with Crippen molar-refractivity contribution in [3.05, 3.63) is 28.6 Å². The van der Waals surface area contributed by atoms with Gasteiger partial charge in [-0.2, -0.15) is 0 Å². The Bertz CT molecular complexity index is 423. The first-order valence-electron chi connectivity index (χ1n) is 4.48. The average molecular weight is 209 g/mol. The van der Waals surface area contributed by atoms with Crippen molar-refractivity contribution in [1.29, 1.82) is 0 Å². The molecule has 0 atom stereocenters. The van der Waals surface area contributed by atoms with Gasteiger partial charge < -0.3 is 4.74 Å². The van der Waals surface area contributed by atoms with E-state index >= 15 is 0 Å². The molecular weight excluding hydrogens is 197 g/mol. The van der Waals surface area contributed by atoms with Crippen LogP contribution in [0, 0.1) is 19.7 Å². The molecule has 0 aliphatic heterocycles. The van der Waals surface area contributed by atoms with Crippen LogP contribution in [-0.4, -0.2) is 13.2 Å². The number of hydrogen-bond acceptors (Lipinski definition) is 3. The maximum atomic E-state index is 13.4. The smallest absolute Gasteiger partial charge is 0.235 e. The number of ether oxygens (including phenoxy) is 1. The maximum Gasteiger partial charge on any atom is 0.235 e. The fourth-order valence-corrected chi connectivity index (χ4v) is 1.49. The minimum Gasteiger partial charge on any atom is -0.496 e. The summed E-state index contributed by atoms with van der Waals surface area (Å²) in [6.07, 6.45) is 1.43. The number of benzene rings is 1. The molecule has 0 radical (unpaired) electrons. The molecule has 0 amide bonds. The van der Waals surface area contributed by atoms with Gasteiger partial charge in [-0.15, -0.1) is 0 Å². The van der Waals surface area contributed by atoms with Crippen molar-refractivity contribution in [2.75, 3.05) is 7.11 Å². The predicted octanol–water partition coefficient (Wildman–Crippen LogP) is 2.29. The lowest BCUT2D eigenvalue weighted by Crippen LogP contribution is -1.99. The van der Waals surface area contributed by atoms with Crippen molar-refractivity contribution < 1.29 is 13.9 Å². The Morgan fingerprint density at radius 1 is 1.47 bits per heavy atom. The second-order valence-corrected chi connectivity index (χ2v) is 3.21. The molecule has 1 rings (SSSR count). The van der Waals surface area contributed by atoms with Crippen molar-refractivity contribution in [3.8, 4) is 5.75 Å². The number of nitrogens with zero attached hydrogens (tertiary/aromatic N) is 1. The van der Waals surface area contributed by atoms with Gasteiger partial charge in [0.05, 0.1) is 13.7 Å². The summed E-state index contributed by atoms with van der Waals surface area (Å²) in [5.74, 6) is 0.152. The van der Waals surface area contributed by atoms with Gasteiger partial charge in [-0.05, 0) is 31.0 Å². The molecule has 0 heterocycles. The third-order valence-electron chi connectivity index (χ3n) is 2.34. The normalized spacial score (nSPS) is 9.60. The molecule has 3 nitrogen and oxygen atoms in total. The Morgan fingerprint density at radius 2 is 2.13 bits per heavy atom. The molecule has 0 bridgehead atoms. The van der Waals surface area contributed by atoms with Crippen LogP contribution in [0.3, 0.4) is 0 Å². The van der Waals surface area contributed by atoms with Crippen molar-refractivity contribution in [1.82, 2.24) is 0 Å². The third-order valence-corrected chi connectivity index (χ3v) is 2.34. The molecule has 0 saturated carbocycles. The summed E-state index contributed by atoms with van der Waals surface area (Å²) in [4.78, 5) is 13.4. The second kappa shape index (κ2) is 4.71. The SMILES string of the molecule is COc1c(C)c(F)cc(CN=C=O)c1C. The summed E-state index contributed by atoms with van der Waals surface area (Å²) in [7, 11) is 1.49. The summed E-state index contributed by atoms with van der Waals surface area (Å²) in [5, 5.41) is 0. The molecule has 1 aromatic carbocycles. The van der Waals surface area contributed by atoms with Crippen LogP contribution in [0.15, 0.2) is 11.1 Å². The van der Waals surface area contributed by atoms with E-state index in [2.05, 4.69) is 4.99 Å². The number of aliphatic imine (C=N–C) groups is 1. The largest absolute Gasteiger partial charge is 0.496 e. The van der Waals surface area contributed by atoms with Crippen LogP contribution >= 0.6 is 0 Å². The number of rotatable bonds is 3. The number of methoxy groups -OCH3 is 1. The highest BCUT2D eigenvalue weighted by Gasteiger charge is 2.12. The lowest BCUT2D eigenvalue weighted by Gasteiger charge is -2.12. The van der Waals surface area contributed by atoms with E-state index in [9.17, 15) is 9.18 Å². The van der Waals surface area contributed by atoms with Crippen molar-refractivity contribution in [3.63, 3.8) is 0 Å². The molecule has 0 spiro atoms. The topological polar surface area (TPSA) is 38.7 Å². The standard InChI is InChI=1S/C11H12FNO2/c1-7-9(5-13-6-14)4-10(12)8(2)11(7)15-3/h4H,5H2,1-3H3. The minimum absolute atomic E-state index is 0.128. The quantitative estimate of drug-likeness (QED) is 0.566. The van der Waals surface area contributed by atoms with Crippen LogP contribution < -0.4 is 4.74 Å². The monoisotopic (exact) mass is 209 g/mol. The number of carbonyl (C=O) groups excluding carboxylic acids is 1. The summed E-state index contributed by atoms with van der Waals surface area (Å²) in [6, 6.07) is 1.37. The average Bonchev–Trinajstić information content (AvgIpc) is 2.22. The summed E-state index contributed by atoms with van der Waals surface area (Å²) >= 11 is 0. The van der Waals surface area contributed by atoms with Crippen LogP contribution in [-0.2, 0) is 11.3 Å². The first-order chi connectivity index (χ1) is 7.11. The highest BCUT2D eigenvalue weighted by atomic mass is 19.1. The molecule has 0 aromatic heterocycles. The Morgan fingerprint density at radius 3 is 2.67 bits per heavy atom. The van der Waals surface area contributed by atoms with Crippen molar-refractivity contribution >= 4 is 6.08 Å². The lowest BCUT2D eigenvalue weighted by molar-refractivity contribution is 0.403. The lowest BCUT2D eigenvalue weighted by atomic mass is 10.0. The van der Waals surface area contributed by atoms with E-state index in [-0.39, 0.29) is 12.4 Å². The van der Waals surface area contributed by atoms with E-state index in [1.807, 2.05) is 0 Å². The summed E-state index contributed by atoms with van der Waals surface area (Å²) in [6.45, 7) is 3.58. The fourth-order valence-electron chi connectivity index (χ4n) is 1.49. The molecular formula is C11H12FNO2. The molecule has 80 valence electrons. The van der Waals surface area contributed by atoms with Gasteiger partial charge in [0, 0.05) is 5.56 Å². The van der Waals surface area contributed by atoms with Crippen molar-refractivity contribution in [2.45, 2.75) is 20.4 Å². The number of hydrogen-bond donors (Lipinski definition) is 0. The molecule has 0 saturated heterocycles. The van der Waals surface area contributed by atoms with Gasteiger partial charge in [-0.1, -0.05) is 0 Å². The fraction of sp³-hybridized carbons (Fsp3) is 0.364. The summed E-state index contributed by atoms with van der Waals surface area (Å²) in [5.41, 5.74) is 1.91. The van der Waals surface area contributed by atoms with E-state index < -0.39 is 0 Å². The number of isocyanates is 1. The Kier molecular flexibility index (Phi) is 3.58. The van der Waals surface area contributed by atoms with Gasteiger partial charge >= 0.3 is 0 Å². The van der Waals surface area contributed by atoms with Gasteiger partial charge in [0.15, 0.2) is 0 Å².